The molecule has 0 aliphatic carbocycles. The van der Waals surface area contributed by atoms with Crippen molar-refractivity contribution < 1.29 is 4.79 Å². The fraction of sp³-hybridized carbons (Fsp3) is 0.0909. The number of pyridine rings is 1. The van der Waals surface area contributed by atoms with Crippen molar-refractivity contribution in [1.29, 1.82) is 0 Å². The lowest BCUT2D eigenvalue weighted by Crippen LogP contribution is -2.10. The zero-order valence-corrected chi connectivity index (χ0v) is 9.83. The number of nitrogen functional groups attached to an aromatic ring is 1. The molecule has 0 saturated heterocycles. The highest BCUT2D eigenvalue weighted by Gasteiger charge is 2.10. The Morgan fingerprint density at radius 3 is 2.94 bits per heavy atom. The molecule has 0 spiro atoms. The van der Waals surface area contributed by atoms with Gasteiger partial charge in [0.25, 0.3) is 5.91 Å². The maximum atomic E-state index is 11.0. The van der Waals surface area contributed by atoms with E-state index in [4.69, 9.17) is 11.5 Å². The summed E-state index contributed by atoms with van der Waals surface area (Å²) in [6.07, 6.45) is 3.50. The highest BCUT2D eigenvalue weighted by atomic mass is 32.1. The van der Waals surface area contributed by atoms with Gasteiger partial charge >= 0.3 is 0 Å². The molecular formula is C11H12N4OS. The Labute approximate surface area is 102 Å². The van der Waals surface area contributed by atoms with Crippen molar-refractivity contribution in [2.45, 2.75) is 6.54 Å². The van der Waals surface area contributed by atoms with Gasteiger partial charge in [-0.05, 0) is 17.7 Å². The minimum absolute atomic E-state index is 0.388. The van der Waals surface area contributed by atoms with Crippen LogP contribution in [0.1, 0.15) is 15.2 Å². The number of primary amides is 1. The van der Waals surface area contributed by atoms with Gasteiger partial charge in [-0.2, -0.15) is 0 Å². The van der Waals surface area contributed by atoms with E-state index in [0.29, 0.717) is 17.1 Å². The highest BCUT2D eigenvalue weighted by molar-refractivity contribution is 7.18. The lowest BCUT2D eigenvalue weighted by atomic mass is 10.3. The van der Waals surface area contributed by atoms with E-state index in [1.165, 1.54) is 11.3 Å². The molecule has 5 N–H and O–H groups in total. The summed E-state index contributed by atoms with van der Waals surface area (Å²) < 4.78 is 0. The van der Waals surface area contributed by atoms with Crippen LogP contribution in [0.25, 0.3) is 0 Å². The molecule has 6 heteroatoms. The Hall–Kier alpha value is -2.08. The molecule has 0 bridgehead atoms. The number of carbonyl (C=O) groups is 1. The zero-order valence-electron chi connectivity index (χ0n) is 9.01. The van der Waals surface area contributed by atoms with E-state index in [1.54, 1.807) is 18.5 Å². The molecule has 0 aliphatic rings. The van der Waals surface area contributed by atoms with Crippen LogP contribution in [0.4, 0.5) is 10.7 Å². The molecule has 0 unspecified atom stereocenters. The lowest BCUT2D eigenvalue weighted by Gasteiger charge is -2.02. The fourth-order valence-electron chi connectivity index (χ4n) is 1.38. The Balaban J connectivity index is 2.05. The van der Waals surface area contributed by atoms with Crippen molar-refractivity contribution >= 4 is 27.9 Å². The van der Waals surface area contributed by atoms with Gasteiger partial charge in [0, 0.05) is 18.9 Å². The summed E-state index contributed by atoms with van der Waals surface area (Å²) in [5, 5.41) is 3.99. The van der Waals surface area contributed by atoms with Gasteiger partial charge in [-0.15, -0.1) is 11.3 Å². The normalized spacial score (nSPS) is 10.1. The molecule has 0 radical (unpaired) electrons. The molecule has 2 aromatic rings. The molecule has 0 aliphatic heterocycles. The summed E-state index contributed by atoms with van der Waals surface area (Å²) in [5.41, 5.74) is 12.3. The second-order valence-corrected chi connectivity index (χ2v) is 4.53. The third-order valence-electron chi connectivity index (χ3n) is 2.17. The number of amides is 1. The molecule has 0 saturated carbocycles. The van der Waals surface area contributed by atoms with Crippen LogP contribution in [-0.4, -0.2) is 10.9 Å². The molecule has 0 atom stereocenters. The quantitative estimate of drug-likeness (QED) is 0.763. The Kier molecular flexibility index (Phi) is 3.24. The predicted molar refractivity (Wildman–Crippen MR) is 68.8 cm³/mol. The number of anilines is 2. The van der Waals surface area contributed by atoms with Crippen LogP contribution >= 0.6 is 11.3 Å². The van der Waals surface area contributed by atoms with Crippen molar-refractivity contribution in [3.8, 4) is 0 Å². The molecule has 2 aromatic heterocycles. The molecule has 88 valence electrons. The number of carbonyl (C=O) groups excluding carboxylic acids is 1. The standard InChI is InChI=1S/C11H12N4OS/c12-8-4-9(17-10(8)11(13)16)15-6-7-2-1-3-14-5-7/h1-5,15H,6,12H2,(H2,13,16). The number of nitrogens with two attached hydrogens (primary N) is 2. The highest BCUT2D eigenvalue weighted by Crippen LogP contribution is 2.28. The summed E-state index contributed by atoms with van der Waals surface area (Å²) >= 11 is 1.26. The molecule has 0 fully saturated rings. The average molecular weight is 248 g/mol. The predicted octanol–water partition coefficient (Wildman–Crippen LogP) is 1.44. The summed E-state index contributed by atoms with van der Waals surface area (Å²) in [6, 6.07) is 5.54. The first kappa shape index (κ1) is 11.4. The van der Waals surface area contributed by atoms with E-state index in [2.05, 4.69) is 10.3 Å². The third kappa shape index (κ3) is 2.73. The van der Waals surface area contributed by atoms with Crippen molar-refractivity contribution in [1.82, 2.24) is 4.98 Å². The Bertz CT molecular complexity index is 524. The van der Waals surface area contributed by atoms with Crippen LogP contribution in [0.5, 0.6) is 0 Å². The van der Waals surface area contributed by atoms with Gasteiger partial charge in [0.15, 0.2) is 0 Å². The van der Waals surface area contributed by atoms with E-state index in [0.717, 1.165) is 10.6 Å². The van der Waals surface area contributed by atoms with Crippen LogP contribution < -0.4 is 16.8 Å². The molecule has 2 heterocycles. The average Bonchev–Trinajstić information content (AvgIpc) is 2.69. The second kappa shape index (κ2) is 4.84. The molecular weight excluding hydrogens is 236 g/mol. The SMILES string of the molecule is NC(=O)c1sc(NCc2cccnc2)cc1N. The topological polar surface area (TPSA) is 94.0 Å². The van der Waals surface area contributed by atoms with Crippen LogP contribution in [0.3, 0.4) is 0 Å². The van der Waals surface area contributed by atoms with Crippen LogP contribution in [0.15, 0.2) is 30.6 Å². The van der Waals surface area contributed by atoms with Gasteiger partial charge in [0.1, 0.15) is 4.88 Å². The minimum atomic E-state index is -0.498. The smallest absolute Gasteiger partial charge is 0.260 e. The number of hydrogen-bond donors (Lipinski definition) is 3. The molecule has 17 heavy (non-hydrogen) atoms. The lowest BCUT2D eigenvalue weighted by molar-refractivity contribution is 0.100. The first-order chi connectivity index (χ1) is 8.16. The van der Waals surface area contributed by atoms with E-state index in [9.17, 15) is 4.79 Å². The van der Waals surface area contributed by atoms with Crippen molar-refractivity contribution in [2.24, 2.45) is 5.73 Å². The van der Waals surface area contributed by atoms with Gasteiger partial charge in [0.2, 0.25) is 0 Å². The molecule has 2 rings (SSSR count). The number of rotatable bonds is 4. The third-order valence-corrected chi connectivity index (χ3v) is 3.30. The van der Waals surface area contributed by atoms with E-state index in [1.807, 2.05) is 12.1 Å². The first-order valence-corrected chi connectivity index (χ1v) is 5.80. The van der Waals surface area contributed by atoms with Crippen LogP contribution in [0, 0.1) is 0 Å². The summed E-state index contributed by atoms with van der Waals surface area (Å²) in [7, 11) is 0. The van der Waals surface area contributed by atoms with Gasteiger partial charge in [-0.3, -0.25) is 9.78 Å². The van der Waals surface area contributed by atoms with Crippen molar-refractivity contribution in [3.05, 3.63) is 41.0 Å². The van der Waals surface area contributed by atoms with Gasteiger partial charge in [0.05, 0.1) is 10.7 Å². The van der Waals surface area contributed by atoms with Crippen molar-refractivity contribution in [3.63, 3.8) is 0 Å². The Morgan fingerprint density at radius 2 is 2.35 bits per heavy atom. The fourth-order valence-corrected chi connectivity index (χ4v) is 2.20. The van der Waals surface area contributed by atoms with Gasteiger partial charge in [-0.1, -0.05) is 6.07 Å². The number of thiophene rings is 1. The zero-order chi connectivity index (χ0) is 12.3. The van der Waals surface area contributed by atoms with Crippen LogP contribution in [-0.2, 0) is 6.54 Å². The second-order valence-electron chi connectivity index (χ2n) is 3.47. The number of nitrogens with one attached hydrogen (secondary N) is 1. The largest absolute Gasteiger partial charge is 0.397 e. The first-order valence-electron chi connectivity index (χ1n) is 4.98. The van der Waals surface area contributed by atoms with Gasteiger partial charge < -0.3 is 16.8 Å². The molecule has 1 amide bonds. The summed E-state index contributed by atoms with van der Waals surface area (Å²) in [5.74, 6) is -0.498. The van der Waals surface area contributed by atoms with E-state index in [-0.39, 0.29) is 0 Å². The monoisotopic (exact) mass is 248 g/mol. The maximum Gasteiger partial charge on any atom is 0.260 e. The van der Waals surface area contributed by atoms with E-state index >= 15 is 0 Å². The number of nitrogens with zero attached hydrogens (tertiary/aromatic N) is 1. The van der Waals surface area contributed by atoms with Gasteiger partial charge in [-0.25, -0.2) is 0 Å². The molecule has 5 nitrogen and oxygen atoms in total. The summed E-state index contributed by atoms with van der Waals surface area (Å²) in [4.78, 5) is 15.4. The minimum Gasteiger partial charge on any atom is -0.397 e. The van der Waals surface area contributed by atoms with E-state index < -0.39 is 5.91 Å². The molecule has 0 aromatic carbocycles. The van der Waals surface area contributed by atoms with Crippen LogP contribution in [0.2, 0.25) is 0 Å². The summed E-state index contributed by atoms with van der Waals surface area (Å²) in [6.45, 7) is 0.631. The maximum absolute atomic E-state index is 11.0. The number of aromatic nitrogens is 1. The van der Waals surface area contributed by atoms with Crippen molar-refractivity contribution in [2.75, 3.05) is 11.1 Å². The Morgan fingerprint density at radius 1 is 1.53 bits per heavy atom. The number of hydrogen-bond acceptors (Lipinski definition) is 5.